The van der Waals surface area contributed by atoms with E-state index in [0.717, 1.165) is 26.6 Å². The number of anilines is 2. The van der Waals surface area contributed by atoms with Crippen LogP contribution >= 0.6 is 15.9 Å². The minimum Gasteiger partial charge on any atom is -0.323 e. The molecule has 0 saturated heterocycles. The molecule has 0 fully saturated rings. The third-order valence-electron chi connectivity index (χ3n) is 3.33. The number of nitrogens with zero attached hydrogens (tertiary/aromatic N) is 3. The molecule has 1 N–H and O–H groups in total. The molecule has 0 unspecified atom stereocenters. The second kappa shape index (κ2) is 4.86. The van der Waals surface area contributed by atoms with Gasteiger partial charge < -0.3 is 5.32 Å². The van der Waals surface area contributed by atoms with E-state index < -0.39 is 0 Å². The molecule has 2 aromatic heterocycles. The van der Waals surface area contributed by atoms with Gasteiger partial charge in [0.05, 0.1) is 17.2 Å². The molecule has 0 amide bonds. The van der Waals surface area contributed by atoms with Crippen LogP contribution in [-0.2, 0) is 0 Å². The Morgan fingerprint density at radius 2 is 1.81 bits per heavy atom. The normalized spacial score (nSPS) is 11.1. The fourth-order valence-corrected chi connectivity index (χ4v) is 2.60. The Kier molecular flexibility index (Phi) is 2.86. The number of hydrogen-bond donors (Lipinski definition) is 1. The molecule has 2 aromatic carbocycles. The molecule has 102 valence electrons. The molecule has 4 nitrogen and oxygen atoms in total. The largest absolute Gasteiger partial charge is 0.323 e. The summed E-state index contributed by atoms with van der Waals surface area (Å²) in [5.41, 5.74) is 3.01. The SMILES string of the molecule is Brc1ccc(Nc2ncc3cc4ccccc4n3n2)cc1. The van der Waals surface area contributed by atoms with Crippen molar-refractivity contribution in [3.63, 3.8) is 0 Å². The number of benzene rings is 2. The fraction of sp³-hybridized carbons (Fsp3) is 0. The van der Waals surface area contributed by atoms with Crippen LogP contribution in [0.1, 0.15) is 0 Å². The first-order valence-electron chi connectivity index (χ1n) is 6.56. The third kappa shape index (κ3) is 2.25. The lowest BCUT2D eigenvalue weighted by Gasteiger charge is -2.05. The van der Waals surface area contributed by atoms with Crippen molar-refractivity contribution in [2.75, 3.05) is 5.32 Å². The van der Waals surface area contributed by atoms with Crippen molar-refractivity contribution >= 4 is 44.0 Å². The van der Waals surface area contributed by atoms with Crippen molar-refractivity contribution in [1.82, 2.24) is 14.6 Å². The topological polar surface area (TPSA) is 42.2 Å². The summed E-state index contributed by atoms with van der Waals surface area (Å²) in [5, 5.41) is 8.94. The first-order chi connectivity index (χ1) is 10.3. The van der Waals surface area contributed by atoms with E-state index in [4.69, 9.17) is 0 Å². The van der Waals surface area contributed by atoms with Crippen LogP contribution in [0.15, 0.2) is 65.3 Å². The van der Waals surface area contributed by atoms with Gasteiger partial charge in [-0.15, -0.1) is 5.10 Å². The Labute approximate surface area is 129 Å². The van der Waals surface area contributed by atoms with Crippen molar-refractivity contribution in [1.29, 1.82) is 0 Å². The molecule has 0 atom stereocenters. The van der Waals surface area contributed by atoms with E-state index >= 15 is 0 Å². The van der Waals surface area contributed by atoms with Gasteiger partial charge in [0.25, 0.3) is 0 Å². The number of para-hydroxylation sites is 1. The van der Waals surface area contributed by atoms with Crippen LogP contribution in [0, 0.1) is 0 Å². The van der Waals surface area contributed by atoms with Gasteiger partial charge in [0.2, 0.25) is 5.95 Å². The Hall–Kier alpha value is -2.40. The lowest BCUT2D eigenvalue weighted by atomic mass is 10.2. The van der Waals surface area contributed by atoms with Crippen LogP contribution in [0.3, 0.4) is 0 Å². The maximum Gasteiger partial charge on any atom is 0.245 e. The van der Waals surface area contributed by atoms with Gasteiger partial charge in [-0.1, -0.05) is 34.1 Å². The van der Waals surface area contributed by atoms with E-state index in [-0.39, 0.29) is 0 Å². The average Bonchev–Trinajstić information content (AvgIpc) is 2.88. The monoisotopic (exact) mass is 338 g/mol. The molecule has 4 rings (SSSR count). The highest BCUT2D eigenvalue weighted by Gasteiger charge is 2.05. The van der Waals surface area contributed by atoms with E-state index in [0.29, 0.717) is 5.95 Å². The predicted octanol–water partition coefficient (Wildman–Crippen LogP) is 4.39. The van der Waals surface area contributed by atoms with Crippen molar-refractivity contribution in [2.24, 2.45) is 0 Å². The number of aromatic nitrogens is 3. The summed E-state index contributed by atoms with van der Waals surface area (Å²) in [6, 6.07) is 18.2. The van der Waals surface area contributed by atoms with Crippen LogP contribution in [0.25, 0.3) is 16.4 Å². The molecule has 0 saturated carbocycles. The van der Waals surface area contributed by atoms with Gasteiger partial charge in [-0.05, 0) is 36.4 Å². The highest BCUT2D eigenvalue weighted by molar-refractivity contribution is 9.10. The summed E-state index contributed by atoms with van der Waals surface area (Å²) in [6.45, 7) is 0. The zero-order valence-corrected chi connectivity index (χ0v) is 12.6. The maximum absolute atomic E-state index is 4.56. The van der Waals surface area contributed by atoms with Crippen LogP contribution in [-0.4, -0.2) is 14.6 Å². The summed E-state index contributed by atoms with van der Waals surface area (Å²) < 4.78 is 2.95. The zero-order chi connectivity index (χ0) is 14.2. The molecule has 0 spiro atoms. The van der Waals surface area contributed by atoms with Crippen LogP contribution < -0.4 is 5.32 Å². The van der Waals surface area contributed by atoms with Crippen molar-refractivity contribution < 1.29 is 0 Å². The first kappa shape index (κ1) is 12.3. The molecule has 0 aliphatic heterocycles. The first-order valence-corrected chi connectivity index (χ1v) is 7.35. The second-order valence-electron chi connectivity index (χ2n) is 4.75. The average molecular weight is 339 g/mol. The maximum atomic E-state index is 4.56. The molecule has 4 aromatic rings. The number of nitrogens with one attached hydrogen (secondary N) is 1. The lowest BCUT2D eigenvalue weighted by molar-refractivity contribution is 0.940. The van der Waals surface area contributed by atoms with E-state index in [9.17, 15) is 0 Å². The molecule has 0 aliphatic rings. The Morgan fingerprint density at radius 1 is 1.00 bits per heavy atom. The highest BCUT2D eigenvalue weighted by atomic mass is 79.9. The van der Waals surface area contributed by atoms with Gasteiger partial charge >= 0.3 is 0 Å². The van der Waals surface area contributed by atoms with E-state index in [1.54, 1.807) is 0 Å². The van der Waals surface area contributed by atoms with Crippen LogP contribution in [0.4, 0.5) is 11.6 Å². The van der Waals surface area contributed by atoms with Crippen molar-refractivity contribution in [3.05, 3.63) is 65.3 Å². The molecular formula is C16H11BrN4. The Balaban J connectivity index is 1.79. The number of hydrogen-bond acceptors (Lipinski definition) is 3. The predicted molar refractivity (Wildman–Crippen MR) is 87.9 cm³/mol. The van der Waals surface area contributed by atoms with Gasteiger partial charge in [0.1, 0.15) is 0 Å². The van der Waals surface area contributed by atoms with E-state index in [2.05, 4.69) is 49.5 Å². The van der Waals surface area contributed by atoms with Gasteiger partial charge in [0.15, 0.2) is 0 Å². The van der Waals surface area contributed by atoms with Crippen LogP contribution in [0.5, 0.6) is 0 Å². The summed E-state index contributed by atoms with van der Waals surface area (Å²) >= 11 is 3.42. The van der Waals surface area contributed by atoms with Crippen molar-refractivity contribution in [2.45, 2.75) is 0 Å². The smallest absolute Gasteiger partial charge is 0.245 e. The Morgan fingerprint density at radius 3 is 2.67 bits per heavy atom. The van der Waals surface area contributed by atoms with E-state index in [1.165, 1.54) is 0 Å². The van der Waals surface area contributed by atoms with Gasteiger partial charge in [0, 0.05) is 15.5 Å². The van der Waals surface area contributed by atoms with Crippen molar-refractivity contribution in [3.8, 4) is 0 Å². The fourth-order valence-electron chi connectivity index (χ4n) is 2.33. The summed E-state index contributed by atoms with van der Waals surface area (Å²) in [4.78, 5) is 4.37. The quantitative estimate of drug-likeness (QED) is 0.589. The molecule has 5 heteroatoms. The van der Waals surface area contributed by atoms with Crippen LogP contribution in [0.2, 0.25) is 0 Å². The summed E-state index contributed by atoms with van der Waals surface area (Å²) in [7, 11) is 0. The minimum atomic E-state index is 0.575. The summed E-state index contributed by atoms with van der Waals surface area (Å²) in [6.07, 6.45) is 1.83. The standard InChI is InChI=1S/C16H11BrN4/c17-12-5-7-13(8-6-12)19-16-18-10-14-9-11-3-1-2-4-15(11)21(14)20-16/h1-10H,(H,19,20). The zero-order valence-electron chi connectivity index (χ0n) is 11.0. The number of rotatable bonds is 2. The molecule has 2 heterocycles. The summed E-state index contributed by atoms with van der Waals surface area (Å²) in [5.74, 6) is 0.575. The molecular weight excluding hydrogens is 328 g/mol. The molecule has 0 bridgehead atoms. The van der Waals surface area contributed by atoms with Gasteiger partial charge in [-0.2, -0.15) is 0 Å². The number of fused-ring (bicyclic) bond motifs is 3. The Bertz CT molecular complexity index is 928. The third-order valence-corrected chi connectivity index (χ3v) is 3.86. The molecule has 21 heavy (non-hydrogen) atoms. The second-order valence-corrected chi connectivity index (χ2v) is 5.67. The highest BCUT2D eigenvalue weighted by Crippen LogP contribution is 2.20. The molecule has 0 aliphatic carbocycles. The molecule has 0 radical (unpaired) electrons. The number of halogens is 1. The van der Waals surface area contributed by atoms with Gasteiger partial charge in [-0.25, -0.2) is 9.50 Å². The minimum absolute atomic E-state index is 0.575. The van der Waals surface area contributed by atoms with E-state index in [1.807, 2.05) is 47.1 Å². The lowest BCUT2D eigenvalue weighted by Crippen LogP contribution is -2.01. The van der Waals surface area contributed by atoms with Gasteiger partial charge in [-0.3, -0.25) is 0 Å².